The molecule has 3 nitrogen and oxygen atoms in total. The fraction of sp³-hybridized carbons (Fsp3) is 0.571. The summed E-state index contributed by atoms with van der Waals surface area (Å²) in [5.41, 5.74) is 0.682. The van der Waals surface area contributed by atoms with Gasteiger partial charge in [-0.15, -0.1) is 0 Å². The molecule has 0 bridgehead atoms. The van der Waals surface area contributed by atoms with Crippen LogP contribution in [0.5, 0.6) is 0 Å². The quantitative estimate of drug-likeness (QED) is 0.866. The Morgan fingerprint density at radius 1 is 1.39 bits per heavy atom. The van der Waals surface area contributed by atoms with E-state index < -0.39 is 0 Å². The zero-order valence-corrected chi connectivity index (χ0v) is 11.0. The summed E-state index contributed by atoms with van der Waals surface area (Å²) in [4.78, 5) is 2.08. The Bertz CT molecular complexity index is 386. The Hall–Kier alpha value is -1.13. The van der Waals surface area contributed by atoms with Crippen molar-refractivity contribution in [1.29, 1.82) is 0 Å². The number of nitrogens with one attached hydrogen (secondary N) is 1. The summed E-state index contributed by atoms with van der Waals surface area (Å²) in [6.07, 6.45) is 0. The Labute approximate surface area is 108 Å². The first-order valence-electron chi connectivity index (χ1n) is 6.50. The van der Waals surface area contributed by atoms with Gasteiger partial charge in [0.25, 0.3) is 0 Å². The molecule has 0 amide bonds. The first-order chi connectivity index (χ1) is 8.76. The molecule has 1 aliphatic rings. The Kier molecular flexibility index (Phi) is 4.55. The number of likely N-dealkylation sites (N-methyl/N-ethyl adjacent to an activating group) is 1. The molecule has 18 heavy (non-hydrogen) atoms. The summed E-state index contributed by atoms with van der Waals surface area (Å²) in [6.45, 7) is 5.17. The van der Waals surface area contributed by atoms with Gasteiger partial charge in [0.05, 0.1) is 18.9 Å². The highest BCUT2D eigenvalue weighted by atomic mass is 19.1. The minimum Gasteiger partial charge on any atom is -0.379 e. The second-order valence-corrected chi connectivity index (χ2v) is 4.68. The van der Waals surface area contributed by atoms with Gasteiger partial charge in [-0.2, -0.15) is 0 Å². The van der Waals surface area contributed by atoms with E-state index in [9.17, 15) is 4.39 Å². The number of ether oxygens (including phenoxy) is 1. The first kappa shape index (κ1) is 13.3. The molecule has 100 valence electrons. The van der Waals surface area contributed by atoms with Crippen LogP contribution >= 0.6 is 0 Å². The molecular weight excluding hydrogens is 231 g/mol. The number of benzene rings is 1. The Balaban J connectivity index is 2.08. The highest BCUT2D eigenvalue weighted by molar-refractivity contribution is 5.47. The lowest BCUT2D eigenvalue weighted by Crippen LogP contribution is -2.40. The Morgan fingerprint density at radius 3 is 2.83 bits per heavy atom. The van der Waals surface area contributed by atoms with Gasteiger partial charge in [-0.1, -0.05) is 12.1 Å². The molecule has 0 spiro atoms. The summed E-state index contributed by atoms with van der Waals surface area (Å²) in [5, 5.41) is 3.26. The second kappa shape index (κ2) is 6.16. The van der Waals surface area contributed by atoms with Gasteiger partial charge < -0.3 is 15.0 Å². The maximum Gasteiger partial charge on any atom is 0.146 e. The largest absolute Gasteiger partial charge is 0.379 e. The highest BCUT2D eigenvalue weighted by Crippen LogP contribution is 2.22. The fourth-order valence-corrected chi connectivity index (χ4v) is 2.49. The van der Waals surface area contributed by atoms with E-state index in [4.69, 9.17) is 4.74 Å². The molecule has 1 aliphatic heterocycles. The maximum atomic E-state index is 13.8. The van der Waals surface area contributed by atoms with E-state index in [0.29, 0.717) is 17.6 Å². The third-order valence-corrected chi connectivity index (χ3v) is 3.60. The van der Waals surface area contributed by atoms with Gasteiger partial charge in [0.1, 0.15) is 5.82 Å². The molecule has 1 heterocycles. The van der Waals surface area contributed by atoms with Gasteiger partial charge in [0, 0.05) is 25.0 Å². The molecule has 0 aliphatic carbocycles. The van der Waals surface area contributed by atoms with Crippen LogP contribution in [-0.4, -0.2) is 39.4 Å². The van der Waals surface area contributed by atoms with Gasteiger partial charge in [0.15, 0.2) is 0 Å². The van der Waals surface area contributed by atoms with Crippen molar-refractivity contribution in [1.82, 2.24) is 5.32 Å². The summed E-state index contributed by atoms with van der Waals surface area (Å²) >= 11 is 0. The average Bonchev–Trinajstić information content (AvgIpc) is 2.84. The number of hydrogen-bond donors (Lipinski definition) is 1. The predicted octanol–water partition coefficient (Wildman–Crippen LogP) is 1.89. The molecule has 2 rings (SSSR count). The molecule has 1 saturated heterocycles. The van der Waals surface area contributed by atoms with E-state index in [1.165, 1.54) is 6.07 Å². The molecular formula is C14H21FN2O. The van der Waals surface area contributed by atoms with Crippen LogP contribution in [0.15, 0.2) is 24.3 Å². The van der Waals surface area contributed by atoms with Crippen molar-refractivity contribution < 1.29 is 9.13 Å². The van der Waals surface area contributed by atoms with Crippen molar-refractivity contribution in [3.05, 3.63) is 30.1 Å². The lowest BCUT2D eigenvalue weighted by molar-refractivity contribution is 0.183. The topological polar surface area (TPSA) is 24.5 Å². The molecule has 1 N–H and O–H groups in total. The minimum atomic E-state index is -0.153. The van der Waals surface area contributed by atoms with Gasteiger partial charge in [-0.25, -0.2) is 4.39 Å². The van der Waals surface area contributed by atoms with Gasteiger partial charge in [-0.05, 0) is 26.1 Å². The summed E-state index contributed by atoms with van der Waals surface area (Å²) in [6, 6.07) is 7.32. The molecule has 1 aromatic rings. The van der Waals surface area contributed by atoms with Crippen LogP contribution in [0, 0.1) is 11.7 Å². The van der Waals surface area contributed by atoms with E-state index in [1.54, 1.807) is 6.07 Å². The molecule has 2 atom stereocenters. The van der Waals surface area contributed by atoms with E-state index in [2.05, 4.69) is 17.1 Å². The number of nitrogens with zero attached hydrogens (tertiary/aromatic N) is 1. The molecule has 0 aromatic heterocycles. The third-order valence-electron chi connectivity index (χ3n) is 3.60. The van der Waals surface area contributed by atoms with Crippen molar-refractivity contribution in [2.45, 2.75) is 13.0 Å². The van der Waals surface area contributed by atoms with Crippen LogP contribution in [0.1, 0.15) is 6.92 Å². The van der Waals surface area contributed by atoms with Crippen LogP contribution < -0.4 is 10.2 Å². The van der Waals surface area contributed by atoms with Crippen LogP contribution in [0.2, 0.25) is 0 Å². The first-order valence-corrected chi connectivity index (χ1v) is 6.50. The monoisotopic (exact) mass is 252 g/mol. The van der Waals surface area contributed by atoms with Crippen molar-refractivity contribution in [3.8, 4) is 0 Å². The number of para-hydroxylation sites is 1. The van der Waals surface area contributed by atoms with Crippen molar-refractivity contribution in [2.75, 3.05) is 38.3 Å². The molecule has 4 heteroatoms. The van der Waals surface area contributed by atoms with E-state index in [1.807, 2.05) is 19.2 Å². The third kappa shape index (κ3) is 2.82. The number of anilines is 1. The van der Waals surface area contributed by atoms with Crippen molar-refractivity contribution in [3.63, 3.8) is 0 Å². The molecule has 0 saturated carbocycles. The van der Waals surface area contributed by atoms with Crippen LogP contribution in [0.25, 0.3) is 0 Å². The molecule has 1 aromatic carbocycles. The van der Waals surface area contributed by atoms with Gasteiger partial charge in [-0.3, -0.25) is 0 Å². The van der Waals surface area contributed by atoms with E-state index >= 15 is 0 Å². The maximum absolute atomic E-state index is 13.8. The number of halogens is 1. The van der Waals surface area contributed by atoms with Gasteiger partial charge in [0.2, 0.25) is 0 Å². The van der Waals surface area contributed by atoms with Gasteiger partial charge >= 0.3 is 0 Å². The summed E-state index contributed by atoms with van der Waals surface area (Å²) in [7, 11) is 1.95. The van der Waals surface area contributed by atoms with Crippen LogP contribution in [0.3, 0.4) is 0 Å². The smallest absolute Gasteiger partial charge is 0.146 e. The van der Waals surface area contributed by atoms with Crippen LogP contribution in [-0.2, 0) is 4.74 Å². The lowest BCUT2D eigenvalue weighted by Gasteiger charge is -2.28. The standard InChI is InChI=1S/C14H21FN2O/c1-3-17(14-7-5-4-6-12(14)15)8-11-9-18-10-13(11)16-2/h4-7,11,13,16H,3,8-10H2,1-2H3. The minimum absolute atomic E-state index is 0.153. The van der Waals surface area contributed by atoms with Crippen molar-refractivity contribution in [2.24, 2.45) is 5.92 Å². The molecule has 0 radical (unpaired) electrons. The number of hydrogen-bond acceptors (Lipinski definition) is 3. The summed E-state index contributed by atoms with van der Waals surface area (Å²) in [5.74, 6) is 0.258. The fourth-order valence-electron chi connectivity index (χ4n) is 2.49. The lowest BCUT2D eigenvalue weighted by atomic mass is 10.0. The Morgan fingerprint density at radius 2 is 2.17 bits per heavy atom. The predicted molar refractivity (Wildman–Crippen MR) is 71.4 cm³/mol. The second-order valence-electron chi connectivity index (χ2n) is 4.68. The average molecular weight is 252 g/mol. The van der Waals surface area contributed by atoms with E-state index in [-0.39, 0.29) is 5.82 Å². The highest BCUT2D eigenvalue weighted by Gasteiger charge is 2.28. The molecule has 1 fully saturated rings. The molecule has 2 unspecified atom stereocenters. The SMILES string of the molecule is CCN(CC1COCC1NC)c1ccccc1F. The normalized spacial score (nSPS) is 23.3. The zero-order valence-electron chi connectivity index (χ0n) is 11.0. The summed E-state index contributed by atoms with van der Waals surface area (Å²) < 4.78 is 19.3. The van der Waals surface area contributed by atoms with E-state index in [0.717, 1.165) is 26.3 Å². The number of rotatable bonds is 5. The van der Waals surface area contributed by atoms with Crippen LogP contribution in [0.4, 0.5) is 10.1 Å². The zero-order chi connectivity index (χ0) is 13.0. The van der Waals surface area contributed by atoms with Crippen molar-refractivity contribution >= 4 is 5.69 Å².